The number of benzene rings is 2. The summed E-state index contributed by atoms with van der Waals surface area (Å²) in [5, 5.41) is 3.17. The fourth-order valence-electron chi connectivity index (χ4n) is 2.99. The number of halogens is 1. The highest BCUT2D eigenvalue weighted by atomic mass is 35.5. The topological polar surface area (TPSA) is 75.7 Å². The average molecular weight is 425 g/mol. The van der Waals surface area contributed by atoms with Gasteiger partial charge in [0.25, 0.3) is 0 Å². The first-order valence-electron chi connectivity index (χ1n) is 8.87. The first kappa shape index (κ1) is 22.0. The standard InChI is InChI=1S/C20H25ClN2O4S/c1-5-18(20(24)22-14(2)15-9-7-6-8-10-15)23(28(4,25)26)16-11-12-19(27-3)17(21)13-16/h6-14,18H,5H2,1-4H3,(H,22,24)/t14-,18+/m1/s1. The van der Waals surface area contributed by atoms with Crippen LogP contribution in [0, 0.1) is 0 Å². The van der Waals surface area contributed by atoms with Gasteiger partial charge in [0.1, 0.15) is 11.8 Å². The minimum atomic E-state index is -3.74. The highest BCUT2D eigenvalue weighted by molar-refractivity contribution is 7.92. The molecule has 2 aromatic rings. The van der Waals surface area contributed by atoms with Crippen LogP contribution in [0.25, 0.3) is 0 Å². The summed E-state index contributed by atoms with van der Waals surface area (Å²) in [4.78, 5) is 13.0. The van der Waals surface area contributed by atoms with Crippen molar-refractivity contribution < 1.29 is 17.9 Å². The van der Waals surface area contributed by atoms with Gasteiger partial charge in [-0.25, -0.2) is 8.42 Å². The fraction of sp³-hybridized carbons (Fsp3) is 0.350. The summed E-state index contributed by atoms with van der Waals surface area (Å²) in [6.45, 7) is 3.62. The Morgan fingerprint density at radius 3 is 2.36 bits per heavy atom. The molecule has 0 saturated heterocycles. The molecule has 0 aromatic heterocycles. The minimum Gasteiger partial charge on any atom is -0.495 e. The molecule has 0 spiro atoms. The van der Waals surface area contributed by atoms with Gasteiger partial charge in [-0.1, -0.05) is 48.9 Å². The van der Waals surface area contributed by atoms with Crippen LogP contribution in [-0.4, -0.2) is 33.7 Å². The van der Waals surface area contributed by atoms with Crippen molar-refractivity contribution in [2.24, 2.45) is 0 Å². The molecule has 1 N–H and O–H groups in total. The molecule has 0 aliphatic carbocycles. The number of methoxy groups -OCH3 is 1. The molecule has 28 heavy (non-hydrogen) atoms. The first-order valence-corrected chi connectivity index (χ1v) is 11.1. The van der Waals surface area contributed by atoms with Crippen molar-refractivity contribution in [1.82, 2.24) is 5.32 Å². The van der Waals surface area contributed by atoms with Crippen LogP contribution in [0.1, 0.15) is 31.9 Å². The van der Waals surface area contributed by atoms with Gasteiger partial charge in [-0.15, -0.1) is 0 Å². The van der Waals surface area contributed by atoms with Crippen LogP contribution < -0.4 is 14.4 Å². The Kier molecular flexibility index (Phi) is 7.32. The second-order valence-electron chi connectivity index (χ2n) is 6.44. The van der Waals surface area contributed by atoms with E-state index in [-0.39, 0.29) is 17.0 Å². The van der Waals surface area contributed by atoms with Crippen molar-refractivity contribution in [2.75, 3.05) is 17.7 Å². The van der Waals surface area contributed by atoms with Gasteiger partial charge in [0.05, 0.1) is 30.1 Å². The molecule has 0 heterocycles. The Hall–Kier alpha value is -2.25. The quantitative estimate of drug-likeness (QED) is 0.699. The normalized spacial score (nSPS) is 13.5. The highest BCUT2D eigenvalue weighted by Crippen LogP contribution is 2.32. The number of carbonyl (C=O) groups excluding carboxylic acids is 1. The van der Waals surface area contributed by atoms with E-state index in [1.54, 1.807) is 19.1 Å². The van der Waals surface area contributed by atoms with Gasteiger partial charge in [-0.05, 0) is 37.1 Å². The summed E-state index contributed by atoms with van der Waals surface area (Å²) >= 11 is 6.17. The van der Waals surface area contributed by atoms with Crippen LogP contribution in [0.15, 0.2) is 48.5 Å². The monoisotopic (exact) mass is 424 g/mol. The highest BCUT2D eigenvalue weighted by Gasteiger charge is 2.32. The Balaban J connectivity index is 2.35. The number of sulfonamides is 1. The number of rotatable bonds is 8. The zero-order valence-electron chi connectivity index (χ0n) is 16.3. The van der Waals surface area contributed by atoms with E-state index >= 15 is 0 Å². The Labute approximate surface area is 171 Å². The number of hydrogen-bond acceptors (Lipinski definition) is 4. The third kappa shape index (κ3) is 5.17. The molecule has 0 bridgehead atoms. The Morgan fingerprint density at radius 1 is 1.21 bits per heavy atom. The summed E-state index contributed by atoms with van der Waals surface area (Å²) < 4.78 is 31.3. The van der Waals surface area contributed by atoms with Crippen molar-refractivity contribution in [3.05, 3.63) is 59.1 Å². The lowest BCUT2D eigenvalue weighted by molar-refractivity contribution is -0.122. The van der Waals surface area contributed by atoms with E-state index in [1.807, 2.05) is 37.3 Å². The number of ether oxygens (including phenoxy) is 1. The predicted octanol–water partition coefficient (Wildman–Crippen LogP) is 3.77. The van der Waals surface area contributed by atoms with E-state index in [2.05, 4.69) is 5.32 Å². The second-order valence-corrected chi connectivity index (χ2v) is 8.71. The molecule has 0 aliphatic heterocycles. The van der Waals surface area contributed by atoms with Crippen molar-refractivity contribution >= 4 is 33.2 Å². The van der Waals surface area contributed by atoms with E-state index in [9.17, 15) is 13.2 Å². The molecule has 2 atom stereocenters. The molecule has 1 amide bonds. The Bertz CT molecular complexity index is 919. The van der Waals surface area contributed by atoms with Crippen LogP contribution in [0.4, 0.5) is 5.69 Å². The van der Waals surface area contributed by atoms with E-state index in [0.717, 1.165) is 16.1 Å². The summed E-state index contributed by atoms with van der Waals surface area (Å²) in [6.07, 6.45) is 1.37. The van der Waals surface area contributed by atoms with Crippen LogP contribution >= 0.6 is 11.6 Å². The van der Waals surface area contributed by atoms with Crippen LogP contribution in [0.2, 0.25) is 5.02 Å². The molecular weight excluding hydrogens is 400 g/mol. The summed E-state index contributed by atoms with van der Waals surface area (Å²) in [6, 6.07) is 12.9. The summed E-state index contributed by atoms with van der Waals surface area (Å²) in [5.74, 6) is 0.0466. The molecule has 6 nitrogen and oxygen atoms in total. The van der Waals surface area contributed by atoms with Gasteiger partial charge in [0.2, 0.25) is 15.9 Å². The maximum atomic E-state index is 13.0. The molecule has 0 fully saturated rings. The Morgan fingerprint density at radius 2 is 1.86 bits per heavy atom. The van der Waals surface area contributed by atoms with E-state index in [1.165, 1.54) is 13.2 Å². The third-order valence-electron chi connectivity index (χ3n) is 4.38. The van der Waals surface area contributed by atoms with Gasteiger partial charge in [-0.3, -0.25) is 9.10 Å². The van der Waals surface area contributed by atoms with Crippen LogP contribution in [0.3, 0.4) is 0 Å². The maximum Gasteiger partial charge on any atom is 0.244 e. The van der Waals surface area contributed by atoms with Gasteiger partial charge >= 0.3 is 0 Å². The van der Waals surface area contributed by atoms with Crippen LogP contribution in [-0.2, 0) is 14.8 Å². The second kappa shape index (κ2) is 9.30. The first-order chi connectivity index (χ1) is 13.2. The van der Waals surface area contributed by atoms with Gasteiger partial charge in [0.15, 0.2) is 0 Å². The van der Waals surface area contributed by atoms with Crippen LogP contribution in [0.5, 0.6) is 5.75 Å². The molecule has 0 saturated carbocycles. The van der Waals surface area contributed by atoms with Crippen molar-refractivity contribution in [1.29, 1.82) is 0 Å². The van der Waals surface area contributed by atoms with Crippen molar-refractivity contribution in [2.45, 2.75) is 32.4 Å². The van der Waals surface area contributed by atoms with E-state index < -0.39 is 16.1 Å². The number of amides is 1. The number of anilines is 1. The van der Waals surface area contributed by atoms with Gasteiger partial charge in [-0.2, -0.15) is 0 Å². The molecule has 0 radical (unpaired) electrons. The maximum absolute atomic E-state index is 13.0. The summed E-state index contributed by atoms with van der Waals surface area (Å²) in [7, 11) is -2.26. The lowest BCUT2D eigenvalue weighted by atomic mass is 10.1. The minimum absolute atomic E-state index is 0.261. The lowest BCUT2D eigenvalue weighted by Gasteiger charge is -2.31. The largest absolute Gasteiger partial charge is 0.495 e. The van der Waals surface area contributed by atoms with Gasteiger partial charge in [0, 0.05) is 0 Å². The molecule has 8 heteroatoms. The number of carbonyl (C=O) groups is 1. The van der Waals surface area contributed by atoms with Crippen molar-refractivity contribution in [3.63, 3.8) is 0 Å². The van der Waals surface area contributed by atoms with E-state index in [0.29, 0.717) is 17.9 Å². The average Bonchev–Trinajstić information content (AvgIpc) is 2.65. The lowest BCUT2D eigenvalue weighted by Crippen LogP contribution is -2.49. The predicted molar refractivity (Wildman–Crippen MR) is 112 cm³/mol. The molecule has 2 aromatic carbocycles. The molecule has 152 valence electrons. The number of hydrogen-bond donors (Lipinski definition) is 1. The van der Waals surface area contributed by atoms with E-state index in [4.69, 9.17) is 16.3 Å². The van der Waals surface area contributed by atoms with Gasteiger partial charge < -0.3 is 10.1 Å². The van der Waals surface area contributed by atoms with Crippen molar-refractivity contribution in [3.8, 4) is 5.75 Å². The zero-order valence-corrected chi connectivity index (χ0v) is 17.9. The number of nitrogens with zero attached hydrogens (tertiary/aromatic N) is 1. The fourth-order valence-corrected chi connectivity index (χ4v) is 4.44. The molecule has 0 unspecified atom stereocenters. The SMILES string of the molecule is CC[C@@H](C(=O)N[C@H](C)c1ccccc1)N(c1ccc(OC)c(Cl)c1)S(C)(=O)=O. The number of nitrogens with one attached hydrogen (secondary N) is 1. The molecular formula is C20H25ClN2O4S. The third-order valence-corrected chi connectivity index (χ3v) is 5.85. The summed E-state index contributed by atoms with van der Waals surface area (Å²) in [5.41, 5.74) is 1.24. The molecule has 0 aliphatic rings. The molecule has 2 rings (SSSR count). The zero-order chi connectivity index (χ0) is 20.9. The smallest absolute Gasteiger partial charge is 0.244 e.